The summed E-state index contributed by atoms with van der Waals surface area (Å²) in [7, 11) is 0. The molecule has 6 nitrogen and oxygen atoms in total. The van der Waals surface area contributed by atoms with E-state index in [1.165, 1.54) is 6.92 Å². The fraction of sp³-hybridized carbons (Fsp3) is 0.286. The smallest absolute Gasteiger partial charge is 0.253 e. The molecule has 3 amide bonds. The molecule has 2 aromatic rings. The highest BCUT2D eigenvalue weighted by Gasteiger charge is 2.25. The zero-order valence-electron chi connectivity index (χ0n) is 15.6. The minimum Gasteiger partial charge on any atom is -0.349 e. The van der Waals surface area contributed by atoms with E-state index in [2.05, 4.69) is 26.6 Å². The number of hydrogen-bond donors (Lipinski definition) is 2. The number of likely N-dealkylation sites (tertiary alicyclic amines) is 1. The fourth-order valence-electron chi connectivity index (χ4n) is 3.21. The van der Waals surface area contributed by atoms with Gasteiger partial charge in [0.1, 0.15) is 0 Å². The quantitative estimate of drug-likeness (QED) is 0.759. The van der Waals surface area contributed by atoms with Crippen LogP contribution in [0, 0.1) is 0 Å². The summed E-state index contributed by atoms with van der Waals surface area (Å²) in [6.07, 6.45) is 1.42. The van der Waals surface area contributed by atoms with E-state index in [0.717, 1.165) is 4.47 Å². The third-order valence-corrected chi connectivity index (χ3v) is 5.18. The van der Waals surface area contributed by atoms with Crippen molar-refractivity contribution in [2.45, 2.75) is 25.8 Å². The van der Waals surface area contributed by atoms with Gasteiger partial charge in [0.15, 0.2) is 0 Å². The van der Waals surface area contributed by atoms with Crippen molar-refractivity contribution in [3.8, 4) is 0 Å². The summed E-state index contributed by atoms with van der Waals surface area (Å²) >= 11 is 3.36. The van der Waals surface area contributed by atoms with Crippen LogP contribution in [0.25, 0.3) is 0 Å². The lowest BCUT2D eigenvalue weighted by Gasteiger charge is -2.32. The lowest BCUT2D eigenvalue weighted by molar-refractivity contribution is -0.114. The number of piperidine rings is 1. The minimum absolute atomic E-state index is 0.0471. The average Bonchev–Trinajstić information content (AvgIpc) is 2.68. The van der Waals surface area contributed by atoms with E-state index in [4.69, 9.17) is 0 Å². The van der Waals surface area contributed by atoms with E-state index >= 15 is 0 Å². The van der Waals surface area contributed by atoms with Gasteiger partial charge in [-0.25, -0.2) is 0 Å². The molecular formula is C21H22BrN3O3. The van der Waals surface area contributed by atoms with Crippen LogP contribution in [0.5, 0.6) is 0 Å². The van der Waals surface area contributed by atoms with Crippen LogP contribution in [0.2, 0.25) is 0 Å². The number of halogens is 1. The molecule has 0 aliphatic carbocycles. The zero-order chi connectivity index (χ0) is 20.1. The largest absolute Gasteiger partial charge is 0.349 e. The van der Waals surface area contributed by atoms with Crippen molar-refractivity contribution in [2.75, 3.05) is 18.4 Å². The molecular weight excluding hydrogens is 422 g/mol. The van der Waals surface area contributed by atoms with Crippen LogP contribution in [0.3, 0.4) is 0 Å². The first-order valence-corrected chi connectivity index (χ1v) is 9.95. The molecule has 0 unspecified atom stereocenters. The lowest BCUT2D eigenvalue weighted by Crippen LogP contribution is -2.46. The number of nitrogens with zero attached hydrogens (tertiary/aromatic N) is 1. The fourth-order valence-corrected chi connectivity index (χ4v) is 3.48. The summed E-state index contributed by atoms with van der Waals surface area (Å²) in [5.74, 6) is -0.336. The molecule has 0 saturated carbocycles. The second-order valence-corrected chi connectivity index (χ2v) is 7.72. The molecule has 1 aliphatic heterocycles. The number of nitrogens with one attached hydrogen (secondary N) is 2. The van der Waals surface area contributed by atoms with Gasteiger partial charge in [0, 0.05) is 47.3 Å². The summed E-state index contributed by atoms with van der Waals surface area (Å²) < 4.78 is 0.929. The Kier molecular flexibility index (Phi) is 6.46. The van der Waals surface area contributed by atoms with Crippen LogP contribution < -0.4 is 10.6 Å². The standard InChI is InChI=1S/C21H22BrN3O3/c1-14(26)23-19-4-2-3-16(13-19)21(28)25-11-9-18(10-12-25)24-20(27)15-5-7-17(22)8-6-15/h2-8,13,18H,9-12H2,1H3,(H,23,26)(H,24,27). The van der Waals surface area contributed by atoms with Gasteiger partial charge in [0.25, 0.3) is 11.8 Å². The Morgan fingerprint density at radius 1 is 1.00 bits per heavy atom. The predicted molar refractivity (Wildman–Crippen MR) is 111 cm³/mol. The number of hydrogen-bond acceptors (Lipinski definition) is 3. The van der Waals surface area contributed by atoms with E-state index in [9.17, 15) is 14.4 Å². The molecule has 0 atom stereocenters. The number of rotatable bonds is 4. The Hall–Kier alpha value is -2.67. The normalized spacial score (nSPS) is 14.4. The maximum absolute atomic E-state index is 12.7. The van der Waals surface area contributed by atoms with Gasteiger partial charge in [-0.3, -0.25) is 14.4 Å². The van der Waals surface area contributed by atoms with Crippen LogP contribution in [-0.4, -0.2) is 41.8 Å². The van der Waals surface area contributed by atoms with E-state index in [-0.39, 0.29) is 23.8 Å². The summed E-state index contributed by atoms with van der Waals surface area (Å²) in [6.45, 7) is 2.59. The minimum atomic E-state index is -0.174. The summed E-state index contributed by atoms with van der Waals surface area (Å²) in [5.41, 5.74) is 1.77. The maximum Gasteiger partial charge on any atom is 0.253 e. The number of benzene rings is 2. The number of anilines is 1. The third-order valence-electron chi connectivity index (χ3n) is 4.65. The molecule has 0 aromatic heterocycles. The van der Waals surface area contributed by atoms with Crippen LogP contribution in [-0.2, 0) is 4.79 Å². The van der Waals surface area contributed by atoms with Crippen LogP contribution in [0.1, 0.15) is 40.5 Å². The van der Waals surface area contributed by atoms with E-state index in [1.54, 1.807) is 41.3 Å². The molecule has 7 heteroatoms. The van der Waals surface area contributed by atoms with Crippen molar-refractivity contribution >= 4 is 39.3 Å². The Bertz CT molecular complexity index is 875. The van der Waals surface area contributed by atoms with Crippen molar-refractivity contribution in [1.82, 2.24) is 10.2 Å². The maximum atomic E-state index is 12.7. The summed E-state index contributed by atoms with van der Waals surface area (Å²) in [5, 5.41) is 5.74. The molecule has 1 aliphatic rings. The van der Waals surface area contributed by atoms with E-state index in [1.807, 2.05) is 12.1 Å². The first-order valence-electron chi connectivity index (χ1n) is 9.16. The van der Waals surface area contributed by atoms with Gasteiger partial charge in [-0.1, -0.05) is 22.0 Å². The van der Waals surface area contributed by atoms with Crippen molar-refractivity contribution in [1.29, 1.82) is 0 Å². The molecule has 1 fully saturated rings. The Balaban J connectivity index is 1.54. The molecule has 2 aromatic carbocycles. The molecule has 0 spiro atoms. The molecule has 1 heterocycles. The topological polar surface area (TPSA) is 78.5 Å². The Labute approximate surface area is 172 Å². The number of carbonyl (C=O) groups excluding carboxylic acids is 3. The summed E-state index contributed by atoms with van der Waals surface area (Å²) in [4.78, 5) is 38.1. The van der Waals surface area contributed by atoms with Crippen LogP contribution in [0.4, 0.5) is 5.69 Å². The van der Waals surface area contributed by atoms with Gasteiger partial charge >= 0.3 is 0 Å². The van der Waals surface area contributed by atoms with E-state index in [0.29, 0.717) is 42.7 Å². The van der Waals surface area contributed by atoms with Crippen molar-refractivity contribution in [3.63, 3.8) is 0 Å². The van der Waals surface area contributed by atoms with Crippen LogP contribution >= 0.6 is 15.9 Å². The molecule has 3 rings (SSSR count). The highest BCUT2D eigenvalue weighted by molar-refractivity contribution is 9.10. The van der Waals surface area contributed by atoms with E-state index < -0.39 is 0 Å². The van der Waals surface area contributed by atoms with Crippen LogP contribution in [0.15, 0.2) is 53.0 Å². The van der Waals surface area contributed by atoms with Gasteiger partial charge in [0.05, 0.1) is 0 Å². The summed E-state index contributed by atoms with van der Waals surface area (Å²) in [6, 6.07) is 14.2. The molecule has 0 bridgehead atoms. The highest BCUT2D eigenvalue weighted by atomic mass is 79.9. The van der Waals surface area contributed by atoms with Crippen molar-refractivity contribution in [3.05, 3.63) is 64.1 Å². The highest BCUT2D eigenvalue weighted by Crippen LogP contribution is 2.18. The van der Waals surface area contributed by atoms with Crippen molar-refractivity contribution < 1.29 is 14.4 Å². The second kappa shape index (κ2) is 9.01. The first-order chi connectivity index (χ1) is 13.4. The number of carbonyl (C=O) groups is 3. The zero-order valence-corrected chi connectivity index (χ0v) is 17.2. The molecule has 2 N–H and O–H groups in total. The Morgan fingerprint density at radius 3 is 2.32 bits per heavy atom. The predicted octanol–water partition coefficient (Wildman–Crippen LogP) is 3.44. The van der Waals surface area contributed by atoms with Crippen molar-refractivity contribution in [2.24, 2.45) is 0 Å². The average molecular weight is 444 g/mol. The monoisotopic (exact) mass is 443 g/mol. The third kappa shape index (κ3) is 5.19. The molecule has 28 heavy (non-hydrogen) atoms. The second-order valence-electron chi connectivity index (χ2n) is 6.81. The SMILES string of the molecule is CC(=O)Nc1cccc(C(=O)N2CCC(NC(=O)c3ccc(Br)cc3)CC2)c1. The first kappa shape index (κ1) is 20.1. The lowest BCUT2D eigenvalue weighted by atomic mass is 10.0. The molecule has 0 radical (unpaired) electrons. The van der Waals surface area contributed by atoms with Gasteiger partial charge in [0.2, 0.25) is 5.91 Å². The molecule has 1 saturated heterocycles. The van der Waals surface area contributed by atoms with Gasteiger partial charge in [-0.2, -0.15) is 0 Å². The number of amides is 3. The van der Waals surface area contributed by atoms with Gasteiger partial charge < -0.3 is 15.5 Å². The molecule has 146 valence electrons. The van der Waals surface area contributed by atoms with Gasteiger partial charge in [-0.05, 0) is 55.3 Å². The Morgan fingerprint density at radius 2 is 1.68 bits per heavy atom. The van der Waals surface area contributed by atoms with Gasteiger partial charge in [-0.15, -0.1) is 0 Å².